The molecule has 1 unspecified atom stereocenters. The molecule has 21 heavy (non-hydrogen) atoms. The lowest BCUT2D eigenvalue weighted by Crippen LogP contribution is -2.14. The topological polar surface area (TPSA) is 33.1 Å². The smallest absolute Gasteiger partial charge is 0.384 e. The molecule has 1 N–H and O–H groups in total. The molecular weight excluding hydrogens is 279 g/mol. The van der Waals surface area contributed by atoms with Crippen molar-refractivity contribution in [2.45, 2.75) is 33.1 Å². The molecule has 0 bridgehead atoms. The molecule has 0 radical (unpaired) electrons. The Bertz CT molecular complexity index is 642. The number of pyridine rings is 1. The summed E-state index contributed by atoms with van der Waals surface area (Å²) in [6, 6.07) is 4.57. The molecule has 2 aromatic rings. The van der Waals surface area contributed by atoms with Crippen molar-refractivity contribution in [3.8, 4) is 0 Å². The number of hydrogen-bond donors (Lipinski definition) is 1. The molecule has 0 fully saturated rings. The average molecular weight is 295 g/mol. The standard InChI is InChI=1S/C16H16F3NO/c1-9-6-10(2)14(11(3)7-9)15(21)12-8-20-5-4-13(12)16(17,18)19/h4-8,15,21H,1-3H3. The Kier molecular flexibility index (Phi) is 4.05. The summed E-state index contributed by atoms with van der Waals surface area (Å²) in [6.07, 6.45) is -3.72. The number of aromatic nitrogens is 1. The number of alkyl halides is 3. The highest BCUT2D eigenvalue weighted by Gasteiger charge is 2.35. The Morgan fingerprint density at radius 1 is 1.10 bits per heavy atom. The first kappa shape index (κ1) is 15.5. The van der Waals surface area contributed by atoms with E-state index >= 15 is 0 Å². The molecular formula is C16H16F3NO. The van der Waals surface area contributed by atoms with Crippen molar-refractivity contribution < 1.29 is 18.3 Å². The summed E-state index contributed by atoms with van der Waals surface area (Å²) >= 11 is 0. The fourth-order valence-corrected chi connectivity index (χ4v) is 2.66. The van der Waals surface area contributed by atoms with Crippen molar-refractivity contribution in [2.75, 3.05) is 0 Å². The van der Waals surface area contributed by atoms with Crippen molar-refractivity contribution >= 4 is 0 Å². The molecule has 0 aliphatic heterocycles. The highest BCUT2D eigenvalue weighted by atomic mass is 19.4. The van der Waals surface area contributed by atoms with E-state index in [0.29, 0.717) is 5.56 Å². The van der Waals surface area contributed by atoms with Crippen LogP contribution in [0.1, 0.15) is 39.5 Å². The second-order valence-corrected chi connectivity index (χ2v) is 5.18. The Morgan fingerprint density at radius 2 is 1.67 bits per heavy atom. The fourth-order valence-electron chi connectivity index (χ4n) is 2.66. The van der Waals surface area contributed by atoms with E-state index in [9.17, 15) is 18.3 Å². The molecule has 0 spiro atoms. The summed E-state index contributed by atoms with van der Waals surface area (Å²) in [7, 11) is 0. The number of aryl methyl sites for hydroxylation is 3. The SMILES string of the molecule is Cc1cc(C)c(C(O)c2cnccc2C(F)(F)F)c(C)c1. The van der Waals surface area contributed by atoms with E-state index in [1.807, 2.05) is 19.1 Å². The van der Waals surface area contributed by atoms with Gasteiger partial charge in [0.15, 0.2) is 0 Å². The van der Waals surface area contributed by atoms with Crippen molar-refractivity contribution in [3.63, 3.8) is 0 Å². The van der Waals surface area contributed by atoms with E-state index in [4.69, 9.17) is 0 Å². The lowest BCUT2D eigenvalue weighted by Gasteiger charge is -2.21. The average Bonchev–Trinajstić information content (AvgIpc) is 2.36. The number of aliphatic hydroxyl groups excluding tert-OH is 1. The van der Waals surface area contributed by atoms with Crippen LogP contribution in [-0.2, 0) is 6.18 Å². The Morgan fingerprint density at radius 3 is 2.19 bits per heavy atom. The highest BCUT2D eigenvalue weighted by molar-refractivity contribution is 5.44. The maximum atomic E-state index is 13.1. The van der Waals surface area contributed by atoms with Crippen LogP contribution >= 0.6 is 0 Å². The van der Waals surface area contributed by atoms with Crippen LogP contribution in [0.2, 0.25) is 0 Å². The van der Waals surface area contributed by atoms with Gasteiger partial charge in [0.05, 0.1) is 5.56 Å². The normalized spacial score (nSPS) is 13.3. The highest BCUT2D eigenvalue weighted by Crippen LogP contribution is 2.37. The predicted octanol–water partition coefficient (Wildman–Crippen LogP) is 4.11. The Labute approximate surface area is 121 Å². The molecule has 0 amide bonds. The third kappa shape index (κ3) is 3.08. The minimum atomic E-state index is -4.52. The van der Waals surface area contributed by atoms with Gasteiger partial charge in [-0.25, -0.2) is 0 Å². The van der Waals surface area contributed by atoms with Crippen molar-refractivity contribution in [1.82, 2.24) is 4.98 Å². The number of hydrogen-bond acceptors (Lipinski definition) is 2. The minimum absolute atomic E-state index is 0.222. The van der Waals surface area contributed by atoms with E-state index in [1.54, 1.807) is 13.8 Å². The summed E-state index contributed by atoms with van der Waals surface area (Å²) < 4.78 is 39.2. The van der Waals surface area contributed by atoms with Gasteiger partial charge in [-0.15, -0.1) is 0 Å². The molecule has 1 heterocycles. The lowest BCUT2D eigenvalue weighted by molar-refractivity contribution is -0.139. The summed E-state index contributed by atoms with van der Waals surface area (Å²) in [6.45, 7) is 5.46. The Balaban J connectivity index is 2.59. The zero-order chi connectivity index (χ0) is 15.8. The summed E-state index contributed by atoms with van der Waals surface area (Å²) in [5.41, 5.74) is 1.95. The molecule has 1 atom stereocenters. The van der Waals surface area contributed by atoms with Crippen LogP contribution in [0.5, 0.6) is 0 Å². The second-order valence-electron chi connectivity index (χ2n) is 5.18. The van der Waals surface area contributed by atoms with E-state index in [-0.39, 0.29) is 5.56 Å². The van der Waals surface area contributed by atoms with Gasteiger partial charge in [-0.2, -0.15) is 13.2 Å². The van der Waals surface area contributed by atoms with Crippen LogP contribution in [0.3, 0.4) is 0 Å². The van der Waals surface area contributed by atoms with Gasteiger partial charge in [0.25, 0.3) is 0 Å². The van der Waals surface area contributed by atoms with Crippen LogP contribution in [0.15, 0.2) is 30.6 Å². The molecule has 1 aromatic heterocycles. The van der Waals surface area contributed by atoms with Crippen molar-refractivity contribution in [3.05, 3.63) is 64.0 Å². The molecule has 0 aliphatic carbocycles. The second kappa shape index (κ2) is 5.48. The summed E-state index contributed by atoms with van der Waals surface area (Å²) in [5, 5.41) is 10.4. The lowest BCUT2D eigenvalue weighted by atomic mass is 9.90. The fraction of sp³-hybridized carbons (Fsp3) is 0.312. The molecule has 0 saturated carbocycles. The van der Waals surface area contributed by atoms with Gasteiger partial charge in [-0.1, -0.05) is 17.7 Å². The van der Waals surface area contributed by atoms with E-state index in [0.717, 1.165) is 35.2 Å². The van der Waals surface area contributed by atoms with Gasteiger partial charge in [-0.3, -0.25) is 4.98 Å². The number of halogens is 3. The molecule has 112 valence electrons. The predicted molar refractivity (Wildman–Crippen MR) is 74.0 cm³/mol. The van der Waals surface area contributed by atoms with Crippen LogP contribution < -0.4 is 0 Å². The van der Waals surface area contributed by atoms with Crippen LogP contribution in [0, 0.1) is 20.8 Å². The summed E-state index contributed by atoms with van der Waals surface area (Å²) in [5.74, 6) is 0. The number of aliphatic hydroxyl groups is 1. The largest absolute Gasteiger partial charge is 0.416 e. The van der Waals surface area contributed by atoms with Gasteiger partial charge >= 0.3 is 6.18 Å². The van der Waals surface area contributed by atoms with Gasteiger partial charge in [0.1, 0.15) is 6.10 Å². The number of benzene rings is 1. The monoisotopic (exact) mass is 295 g/mol. The number of rotatable bonds is 2. The molecule has 1 aromatic carbocycles. The Hall–Kier alpha value is -1.88. The molecule has 5 heteroatoms. The molecule has 0 saturated heterocycles. The van der Waals surface area contributed by atoms with Gasteiger partial charge in [0, 0.05) is 18.0 Å². The van der Waals surface area contributed by atoms with Gasteiger partial charge < -0.3 is 5.11 Å². The minimum Gasteiger partial charge on any atom is -0.384 e. The van der Waals surface area contributed by atoms with Crippen molar-refractivity contribution in [2.24, 2.45) is 0 Å². The zero-order valence-electron chi connectivity index (χ0n) is 12.0. The molecule has 0 aliphatic rings. The summed E-state index contributed by atoms with van der Waals surface area (Å²) in [4.78, 5) is 3.72. The third-order valence-corrected chi connectivity index (χ3v) is 3.46. The van der Waals surface area contributed by atoms with Crippen LogP contribution in [0.25, 0.3) is 0 Å². The maximum Gasteiger partial charge on any atom is 0.416 e. The van der Waals surface area contributed by atoms with Crippen LogP contribution in [0.4, 0.5) is 13.2 Å². The van der Waals surface area contributed by atoms with Crippen molar-refractivity contribution in [1.29, 1.82) is 0 Å². The quantitative estimate of drug-likeness (QED) is 0.904. The van der Waals surface area contributed by atoms with E-state index in [2.05, 4.69) is 4.98 Å². The first-order valence-electron chi connectivity index (χ1n) is 6.48. The van der Waals surface area contributed by atoms with E-state index in [1.165, 1.54) is 0 Å². The van der Waals surface area contributed by atoms with E-state index < -0.39 is 17.8 Å². The zero-order valence-corrected chi connectivity index (χ0v) is 12.0. The number of nitrogens with zero attached hydrogens (tertiary/aromatic N) is 1. The third-order valence-electron chi connectivity index (χ3n) is 3.46. The van der Waals surface area contributed by atoms with Gasteiger partial charge in [0.2, 0.25) is 0 Å². The van der Waals surface area contributed by atoms with Gasteiger partial charge in [-0.05, 0) is 43.5 Å². The maximum absolute atomic E-state index is 13.1. The molecule has 2 rings (SSSR count). The first-order valence-corrected chi connectivity index (χ1v) is 6.48. The molecule has 2 nitrogen and oxygen atoms in total. The first-order chi connectivity index (χ1) is 9.71. The van der Waals surface area contributed by atoms with Crippen LogP contribution in [-0.4, -0.2) is 10.1 Å².